The van der Waals surface area contributed by atoms with E-state index in [1.807, 2.05) is 4.90 Å². The lowest BCUT2D eigenvalue weighted by molar-refractivity contribution is 0.1000. The van der Waals surface area contributed by atoms with Crippen LogP contribution in [0.2, 0.25) is 5.15 Å². The van der Waals surface area contributed by atoms with E-state index in [0.717, 1.165) is 10.4 Å². The molecule has 0 aromatic carbocycles. The van der Waals surface area contributed by atoms with E-state index in [0.29, 0.717) is 35.9 Å². The van der Waals surface area contributed by atoms with E-state index in [1.54, 1.807) is 0 Å². The van der Waals surface area contributed by atoms with Crippen molar-refractivity contribution in [2.24, 2.45) is 5.73 Å². The lowest BCUT2D eigenvalue weighted by Crippen LogP contribution is -2.32. The lowest BCUT2D eigenvalue weighted by atomic mass is 10.0. The number of halogens is 1. The van der Waals surface area contributed by atoms with Crippen molar-refractivity contribution in [1.29, 1.82) is 5.26 Å². The number of nitrogen functional groups attached to an aromatic ring is 1. The van der Waals surface area contributed by atoms with Gasteiger partial charge in [-0.25, -0.2) is 0 Å². The normalized spacial score (nSPS) is 13.5. The van der Waals surface area contributed by atoms with E-state index in [-0.39, 0.29) is 10.7 Å². The largest absolute Gasteiger partial charge is 0.389 e. The van der Waals surface area contributed by atoms with Crippen LogP contribution in [0.25, 0.3) is 0 Å². The third-order valence-electron chi connectivity index (χ3n) is 3.51. The molecule has 0 radical (unpaired) electrons. The van der Waals surface area contributed by atoms with Crippen molar-refractivity contribution in [3.8, 4) is 6.07 Å². The number of thiophene rings is 1. The summed E-state index contributed by atoms with van der Waals surface area (Å²) in [6, 6.07) is 3.55. The second-order valence-corrected chi connectivity index (χ2v) is 6.32. The Morgan fingerprint density at radius 3 is 2.95 bits per heavy atom. The first kappa shape index (κ1) is 14.6. The number of hydrogen-bond acceptors (Lipinski definition) is 7. The quantitative estimate of drug-likeness (QED) is 0.853. The number of aromatic nitrogens is 2. The maximum absolute atomic E-state index is 11.6. The summed E-state index contributed by atoms with van der Waals surface area (Å²) in [5.41, 5.74) is 13.0. The molecule has 2 aromatic heterocycles. The van der Waals surface area contributed by atoms with Crippen molar-refractivity contribution in [2.45, 2.75) is 13.0 Å². The lowest BCUT2D eigenvalue weighted by Gasteiger charge is -2.28. The first-order chi connectivity index (χ1) is 10.5. The highest BCUT2D eigenvalue weighted by molar-refractivity contribution is 7.16. The van der Waals surface area contributed by atoms with Crippen molar-refractivity contribution in [2.75, 3.05) is 17.2 Å². The first-order valence-corrected chi connectivity index (χ1v) is 7.58. The fourth-order valence-electron chi connectivity index (χ4n) is 2.50. The van der Waals surface area contributed by atoms with Crippen LogP contribution in [0.1, 0.15) is 26.4 Å². The summed E-state index contributed by atoms with van der Waals surface area (Å²) >= 11 is 7.15. The molecular formula is C13H11ClN6OS. The Bertz CT molecular complexity index is 812. The molecule has 0 spiro atoms. The molecule has 4 N–H and O–H groups in total. The molecule has 7 nitrogen and oxygen atoms in total. The minimum absolute atomic E-state index is 0.113. The molecule has 3 rings (SSSR count). The van der Waals surface area contributed by atoms with Gasteiger partial charge < -0.3 is 16.4 Å². The maximum atomic E-state index is 11.6. The zero-order valence-corrected chi connectivity index (χ0v) is 12.9. The molecule has 22 heavy (non-hydrogen) atoms. The van der Waals surface area contributed by atoms with E-state index in [4.69, 9.17) is 28.3 Å². The highest BCUT2D eigenvalue weighted by Gasteiger charge is 2.27. The Morgan fingerprint density at radius 2 is 2.27 bits per heavy atom. The molecule has 0 saturated heterocycles. The number of rotatable bonds is 2. The highest BCUT2D eigenvalue weighted by Crippen LogP contribution is 2.36. The van der Waals surface area contributed by atoms with Crippen LogP contribution in [-0.2, 0) is 13.0 Å². The number of nitrogens with two attached hydrogens (primary N) is 2. The van der Waals surface area contributed by atoms with Crippen molar-refractivity contribution in [3.63, 3.8) is 0 Å². The summed E-state index contributed by atoms with van der Waals surface area (Å²) in [6.07, 6.45) is 0.647. The predicted octanol–water partition coefficient (Wildman–Crippen LogP) is 1.31. The molecule has 112 valence electrons. The van der Waals surface area contributed by atoms with E-state index in [2.05, 4.69) is 16.3 Å². The molecule has 2 aromatic rings. The molecule has 1 aliphatic rings. The van der Waals surface area contributed by atoms with Crippen LogP contribution in [-0.4, -0.2) is 22.6 Å². The third kappa shape index (κ3) is 2.34. The molecule has 0 unspecified atom stereocenters. The Kier molecular flexibility index (Phi) is 3.60. The summed E-state index contributed by atoms with van der Waals surface area (Å²) in [6.45, 7) is 1.09. The van der Waals surface area contributed by atoms with Gasteiger partial charge in [-0.3, -0.25) is 4.79 Å². The maximum Gasteiger partial charge on any atom is 0.252 e. The second-order valence-electron chi connectivity index (χ2n) is 4.79. The number of carbonyl (C=O) groups excluding carboxylic acids is 1. The van der Waals surface area contributed by atoms with Crippen LogP contribution >= 0.6 is 22.9 Å². The predicted molar refractivity (Wildman–Crippen MR) is 83.8 cm³/mol. The van der Waals surface area contributed by atoms with Crippen LogP contribution in [0.5, 0.6) is 0 Å². The summed E-state index contributed by atoms with van der Waals surface area (Å²) in [7, 11) is 0. The van der Waals surface area contributed by atoms with Crippen molar-refractivity contribution in [1.82, 2.24) is 10.2 Å². The van der Waals surface area contributed by atoms with Gasteiger partial charge in [0.2, 0.25) is 0 Å². The van der Waals surface area contributed by atoms with Crippen LogP contribution in [0, 0.1) is 11.3 Å². The molecule has 1 aliphatic heterocycles. The van der Waals surface area contributed by atoms with Crippen LogP contribution in [0.4, 0.5) is 10.8 Å². The minimum atomic E-state index is -0.610. The summed E-state index contributed by atoms with van der Waals surface area (Å²) in [5.74, 6) is -0.214. The number of nitrogens with zero attached hydrogens (tertiary/aromatic N) is 4. The average Bonchev–Trinajstić information content (AvgIpc) is 2.81. The molecule has 0 atom stereocenters. The van der Waals surface area contributed by atoms with E-state index < -0.39 is 5.91 Å². The van der Waals surface area contributed by atoms with Gasteiger partial charge >= 0.3 is 0 Å². The number of hydrogen-bond donors (Lipinski definition) is 2. The first-order valence-electron chi connectivity index (χ1n) is 6.39. The topological polar surface area (TPSA) is 122 Å². The molecule has 3 heterocycles. The van der Waals surface area contributed by atoms with Crippen LogP contribution in [0.3, 0.4) is 0 Å². The smallest absolute Gasteiger partial charge is 0.252 e. The van der Waals surface area contributed by atoms with Crippen LogP contribution in [0.15, 0.2) is 6.07 Å². The van der Waals surface area contributed by atoms with Gasteiger partial charge in [-0.05, 0) is 18.1 Å². The number of amides is 1. The van der Waals surface area contributed by atoms with Gasteiger partial charge in [0.05, 0.1) is 17.7 Å². The molecule has 0 saturated carbocycles. The van der Waals surface area contributed by atoms with Gasteiger partial charge in [-0.1, -0.05) is 11.6 Å². The van der Waals surface area contributed by atoms with Crippen molar-refractivity contribution < 1.29 is 4.79 Å². The van der Waals surface area contributed by atoms with Crippen molar-refractivity contribution >= 4 is 39.7 Å². The van der Waals surface area contributed by atoms with Gasteiger partial charge in [0, 0.05) is 11.4 Å². The van der Waals surface area contributed by atoms with E-state index in [9.17, 15) is 4.79 Å². The molecule has 9 heteroatoms. The number of primary amides is 1. The number of fused-ring (bicyclic) bond motifs is 1. The van der Waals surface area contributed by atoms with Gasteiger partial charge in [-0.2, -0.15) is 5.26 Å². The summed E-state index contributed by atoms with van der Waals surface area (Å²) in [5, 5.41) is 17.6. The minimum Gasteiger partial charge on any atom is -0.389 e. The summed E-state index contributed by atoms with van der Waals surface area (Å²) in [4.78, 5) is 14.5. The Balaban J connectivity index is 1.99. The Morgan fingerprint density at radius 1 is 1.50 bits per heavy atom. The monoisotopic (exact) mass is 334 g/mol. The molecule has 0 aliphatic carbocycles. The van der Waals surface area contributed by atoms with Crippen molar-refractivity contribution in [3.05, 3.63) is 32.8 Å². The Labute approximate surface area is 135 Å². The highest BCUT2D eigenvalue weighted by atomic mass is 35.5. The number of carbonyl (C=O) groups is 1. The standard InChI is InChI=1S/C13H11ClN6OS/c14-10-3-7(11(16)21)13(19-18-10)20-2-1-6-8(4-15)12(17)22-9(6)5-20/h3H,1-2,5,17H2,(H2,16,21). The fourth-order valence-corrected chi connectivity index (χ4v) is 3.74. The zero-order chi connectivity index (χ0) is 15.9. The second kappa shape index (κ2) is 5.44. The van der Waals surface area contributed by atoms with Crippen LogP contribution < -0.4 is 16.4 Å². The Hall–Kier alpha value is -2.37. The average molecular weight is 335 g/mol. The molecular weight excluding hydrogens is 324 g/mol. The molecule has 0 bridgehead atoms. The SMILES string of the molecule is N#Cc1c(N)sc2c1CCN(c1nnc(Cl)cc1C(N)=O)C2. The summed E-state index contributed by atoms with van der Waals surface area (Å²) < 4.78 is 0. The van der Waals surface area contributed by atoms with Gasteiger partial charge in [0.25, 0.3) is 5.91 Å². The molecule has 0 fully saturated rings. The number of nitriles is 1. The van der Waals surface area contributed by atoms with E-state index in [1.165, 1.54) is 17.4 Å². The van der Waals surface area contributed by atoms with E-state index >= 15 is 0 Å². The fraction of sp³-hybridized carbons (Fsp3) is 0.231. The van der Waals surface area contributed by atoms with Gasteiger partial charge in [0.1, 0.15) is 11.1 Å². The number of anilines is 2. The third-order valence-corrected chi connectivity index (χ3v) is 4.74. The molecule has 1 amide bonds. The van der Waals surface area contributed by atoms with Gasteiger partial charge in [-0.15, -0.1) is 21.5 Å². The zero-order valence-electron chi connectivity index (χ0n) is 11.3. The van der Waals surface area contributed by atoms with Gasteiger partial charge in [0.15, 0.2) is 11.0 Å².